The number of likely N-dealkylation sites (tertiary alicyclic amines) is 1. The van der Waals surface area contributed by atoms with Crippen LogP contribution in [-0.2, 0) is 11.3 Å². The minimum absolute atomic E-state index is 0.283. The Morgan fingerprint density at radius 1 is 0.935 bits per heavy atom. The molecule has 6 rings (SSSR count). The Morgan fingerprint density at radius 3 is 2.39 bits per heavy atom. The highest BCUT2D eigenvalue weighted by molar-refractivity contribution is 6.09. The van der Waals surface area contributed by atoms with Crippen LogP contribution in [0.25, 0.3) is 10.9 Å². The average Bonchev–Trinajstić information content (AvgIpc) is 3.64. The molecule has 0 radical (unpaired) electrons. The number of fused-ring (bicyclic) bond motifs is 1. The molecule has 10 heteroatoms. The van der Waals surface area contributed by atoms with E-state index < -0.39 is 11.7 Å². The van der Waals surface area contributed by atoms with Crippen molar-refractivity contribution in [1.29, 1.82) is 0 Å². The Morgan fingerprint density at radius 2 is 1.67 bits per heavy atom. The first-order valence-electron chi connectivity index (χ1n) is 16.1. The van der Waals surface area contributed by atoms with E-state index in [0.717, 1.165) is 57.8 Å². The zero-order valence-electron chi connectivity index (χ0n) is 27.2. The number of hydrogen-bond acceptors (Lipinski definition) is 8. The molecule has 4 aromatic rings. The molecule has 0 saturated carbocycles. The van der Waals surface area contributed by atoms with Gasteiger partial charge in [-0.3, -0.25) is 9.69 Å². The van der Waals surface area contributed by atoms with Gasteiger partial charge in [0.1, 0.15) is 18.0 Å². The predicted octanol–water partition coefficient (Wildman–Crippen LogP) is 5.87. The quantitative estimate of drug-likeness (QED) is 0.261. The second-order valence-electron chi connectivity index (χ2n) is 13.3. The van der Waals surface area contributed by atoms with E-state index in [4.69, 9.17) is 9.47 Å². The number of anilines is 2. The van der Waals surface area contributed by atoms with E-state index in [1.807, 2.05) is 63.2 Å². The minimum atomic E-state index is -0.719. The van der Waals surface area contributed by atoms with Gasteiger partial charge in [0.05, 0.1) is 5.52 Å². The molecule has 242 valence electrons. The summed E-state index contributed by atoms with van der Waals surface area (Å²) in [6.07, 6.45) is 1.57. The lowest BCUT2D eigenvalue weighted by molar-refractivity contribution is 0.0522. The van der Waals surface area contributed by atoms with E-state index in [2.05, 4.69) is 56.4 Å². The molecule has 2 fully saturated rings. The predicted molar refractivity (Wildman–Crippen MR) is 181 cm³/mol. The number of amides is 1. The largest absolute Gasteiger partial charge is 0.492 e. The monoisotopic (exact) mass is 624 g/mol. The highest BCUT2D eigenvalue weighted by Crippen LogP contribution is 2.30. The highest BCUT2D eigenvalue weighted by Gasteiger charge is 2.27. The number of likely N-dealkylation sites (N-methyl/N-ethyl adjacent to an activating group) is 1. The summed E-state index contributed by atoms with van der Waals surface area (Å²) in [7, 11) is 2.13. The van der Waals surface area contributed by atoms with E-state index in [1.165, 1.54) is 10.2 Å². The lowest BCUT2D eigenvalue weighted by atomic mass is 10.1. The van der Waals surface area contributed by atoms with Crippen LogP contribution >= 0.6 is 0 Å². The number of nitrogens with zero attached hydrogens (tertiary/aromatic N) is 5. The molecule has 2 aliphatic rings. The Hall–Kier alpha value is -4.41. The molecule has 1 unspecified atom stereocenters. The molecule has 3 aromatic carbocycles. The third-order valence-corrected chi connectivity index (χ3v) is 8.62. The molecule has 0 spiro atoms. The third kappa shape index (κ3) is 7.51. The van der Waals surface area contributed by atoms with Crippen LogP contribution in [0, 0.1) is 0 Å². The Bertz CT molecular complexity index is 1660. The second kappa shape index (κ2) is 13.5. The van der Waals surface area contributed by atoms with Crippen LogP contribution in [0.15, 0.2) is 72.8 Å². The van der Waals surface area contributed by atoms with E-state index in [1.54, 1.807) is 6.07 Å². The summed E-state index contributed by atoms with van der Waals surface area (Å²) in [5.74, 6) is 0.604. The smallest absolute Gasteiger partial charge is 0.435 e. The van der Waals surface area contributed by atoms with Crippen LogP contribution in [0.2, 0.25) is 0 Å². The first-order chi connectivity index (χ1) is 22.1. The van der Waals surface area contributed by atoms with Crippen LogP contribution < -0.4 is 15.0 Å². The lowest BCUT2D eigenvalue weighted by Crippen LogP contribution is -2.44. The van der Waals surface area contributed by atoms with Gasteiger partial charge in [-0.2, -0.15) is 4.68 Å². The number of aromatic nitrogens is 2. The Balaban J connectivity index is 1.19. The van der Waals surface area contributed by atoms with E-state index in [-0.39, 0.29) is 11.7 Å². The van der Waals surface area contributed by atoms with Crippen LogP contribution in [0.3, 0.4) is 0 Å². The van der Waals surface area contributed by atoms with Crippen molar-refractivity contribution in [3.8, 4) is 5.75 Å². The topological polar surface area (TPSA) is 92.2 Å². The van der Waals surface area contributed by atoms with Gasteiger partial charge in [0.15, 0.2) is 5.82 Å². The fraction of sp³-hybridized carbons (Fsp3) is 0.417. The van der Waals surface area contributed by atoms with Gasteiger partial charge in [-0.15, -0.1) is 5.10 Å². The van der Waals surface area contributed by atoms with Crippen molar-refractivity contribution in [3.63, 3.8) is 0 Å². The van der Waals surface area contributed by atoms with E-state index in [9.17, 15) is 9.59 Å². The maximum Gasteiger partial charge on any atom is 0.435 e. The van der Waals surface area contributed by atoms with E-state index >= 15 is 0 Å². The summed E-state index contributed by atoms with van der Waals surface area (Å²) >= 11 is 0. The molecule has 1 amide bonds. The number of ether oxygens (including phenoxy) is 2. The summed E-state index contributed by atoms with van der Waals surface area (Å²) in [6.45, 7) is 11.8. The molecule has 1 N–H and O–H groups in total. The SMILES string of the molecule is CN1CCN(c2ccc(C(=O)Nc3nn(C(=O)OC(C)(C)C)c4cc(OCC5CCCN5Cc5ccccc5)ccc34)cc2)CC1. The van der Waals surface area contributed by atoms with Gasteiger partial charge in [0.2, 0.25) is 0 Å². The Labute approximate surface area is 270 Å². The normalized spacial score (nSPS) is 17.7. The van der Waals surface area contributed by atoms with E-state index in [0.29, 0.717) is 34.9 Å². The Kier molecular flexibility index (Phi) is 9.28. The number of piperazine rings is 1. The van der Waals surface area contributed by atoms with Crippen molar-refractivity contribution in [2.24, 2.45) is 0 Å². The fourth-order valence-electron chi connectivity index (χ4n) is 6.09. The summed E-state index contributed by atoms with van der Waals surface area (Å²) in [4.78, 5) is 33.7. The van der Waals surface area contributed by atoms with Crippen LogP contribution in [0.5, 0.6) is 5.75 Å². The van der Waals surface area contributed by atoms with Crippen molar-refractivity contribution in [3.05, 3.63) is 83.9 Å². The highest BCUT2D eigenvalue weighted by atomic mass is 16.6. The van der Waals surface area contributed by atoms with Crippen molar-refractivity contribution in [2.75, 3.05) is 56.6 Å². The molecular formula is C36H44N6O4. The van der Waals surface area contributed by atoms with Gasteiger partial charge in [-0.1, -0.05) is 30.3 Å². The molecule has 46 heavy (non-hydrogen) atoms. The maximum absolute atomic E-state index is 13.3. The number of rotatable bonds is 8. The molecule has 1 atom stereocenters. The fourth-order valence-corrected chi connectivity index (χ4v) is 6.09. The zero-order valence-corrected chi connectivity index (χ0v) is 27.2. The van der Waals surface area contributed by atoms with Gasteiger partial charge in [0, 0.05) is 61.5 Å². The molecular weight excluding hydrogens is 580 g/mol. The summed E-state index contributed by atoms with van der Waals surface area (Å²) in [5, 5.41) is 8.05. The molecule has 2 aliphatic heterocycles. The molecule has 2 saturated heterocycles. The second-order valence-corrected chi connectivity index (χ2v) is 13.3. The maximum atomic E-state index is 13.3. The zero-order chi connectivity index (χ0) is 32.3. The number of hydrogen-bond donors (Lipinski definition) is 1. The number of carbonyl (C=O) groups is 2. The van der Waals surface area contributed by atoms with Crippen molar-refractivity contribution in [2.45, 2.75) is 51.8 Å². The number of nitrogens with one attached hydrogen (secondary N) is 1. The molecule has 10 nitrogen and oxygen atoms in total. The molecule has 0 bridgehead atoms. The van der Waals surface area contributed by atoms with Gasteiger partial charge < -0.3 is 24.6 Å². The molecule has 0 aliphatic carbocycles. The van der Waals surface area contributed by atoms with Gasteiger partial charge in [0.25, 0.3) is 5.91 Å². The summed E-state index contributed by atoms with van der Waals surface area (Å²) in [6, 6.07) is 23.9. The van der Waals surface area contributed by atoms with Crippen LogP contribution in [0.1, 0.15) is 49.5 Å². The molecule has 1 aromatic heterocycles. The van der Waals surface area contributed by atoms with Crippen LogP contribution in [0.4, 0.5) is 16.3 Å². The lowest BCUT2D eigenvalue weighted by Gasteiger charge is -2.34. The first kappa shape index (κ1) is 31.6. The molecule has 3 heterocycles. The van der Waals surface area contributed by atoms with Crippen molar-refractivity contribution < 1.29 is 19.1 Å². The summed E-state index contributed by atoms with van der Waals surface area (Å²) in [5.41, 5.74) is 2.67. The minimum Gasteiger partial charge on any atom is -0.492 e. The third-order valence-electron chi connectivity index (χ3n) is 8.62. The standard InChI is InChI=1S/C36H44N6O4/c1-36(2,3)46-35(44)42-32-23-30(45-25-29-11-8-18-41(29)24-26-9-6-5-7-10-26)16-17-31(32)33(38-42)37-34(43)27-12-14-28(15-13-27)40-21-19-39(4)20-22-40/h5-7,9-10,12-17,23,29H,8,11,18-22,24-25H2,1-4H3,(H,37,38,43). The average molecular weight is 625 g/mol. The van der Waals surface area contributed by atoms with Gasteiger partial charge in [-0.05, 0) is 89.2 Å². The first-order valence-corrected chi connectivity index (χ1v) is 16.1. The van der Waals surface area contributed by atoms with Crippen LogP contribution in [-0.4, -0.2) is 89.6 Å². The summed E-state index contributed by atoms with van der Waals surface area (Å²) < 4.78 is 13.2. The number of carbonyl (C=O) groups excluding carboxylic acids is 2. The van der Waals surface area contributed by atoms with Crippen molar-refractivity contribution >= 4 is 34.4 Å². The van der Waals surface area contributed by atoms with Crippen molar-refractivity contribution in [1.82, 2.24) is 19.6 Å². The number of benzene rings is 3. The van der Waals surface area contributed by atoms with Gasteiger partial charge in [-0.25, -0.2) is 4.79 Å². The van der Waals surface area contributed by atoms with Gasteiger partial charge >= 0.3 is 6.09 Å².